The summed E-state index contributed by atoms with van der Waals surface area (Å²) in [6.07, 6.45) is -8.28. The van der Waals surface area contributed by atoms with E-state index in [-0.39, 0.29) is 13.2 Å². The fourth-order valence-corrected chi connectivity index (χ4v) is 1.51. The van der Waals surface area contributed by atoms with Gasteiger partial charge in [-0.2, -0.15) is 43.9 Å². The lowest BCUT2D eigenvalue weighted by Crippen LogP contribution is -2.68. The third-order valence-corrected chi connectivity index (χ3v) is 3.21. The molecule has 0 aromatic rings. The quantitative estimate of drug-likeness (QED) is 0.310. The normalized spacial score (nSPS) is 20.3. The molecule has 0 amide bonds. The predicted octanol–water partition coefficient (Wildman–Crippen LogP) is 4.23. The van der Waals surface area contributed by atoms with E-state index in [0.717, 1.165) is 0 Å². The Morgan fingerprint density at radius 1 is 0.840 bits per heavy atom. The number of hydrogen-bond donors (Lipinski definition) is 0. The molecule has 1 aliphatic heterocycles. The fourth-order valence-electron chi connectivity index (χ4n) is 1.51. The van der Waals surface area contributed by atoms with Crippen molar-refractivity contribution in [2.75, 3.05) is 19.8 Å². The Morgan fingerprint density at radius 3 is 1.72 bits per heavy atom. The minimum Gasteiger partial charge on any atom is -0.378 e. The zero-order valence-corrected chi connectivity index (χ0v) is 11.8. The van der Waals surface area contributed by atoms with Gasteiger partial charge in [0.15, 0.2) is 0 Å². The van der Waals surface area contributed by atoms with Gasteiger partial charge in [-0.15, -0.1) is 0 Å². The molecule has 0 aromatic carbocycles. The first-order chi connectivity index (χ1) is 11.0. The molecule has 1 atom stereocenters. The topological polar surface area (TPSA) is 21.8 Å². The van der Waals surface area contributed by atoms with E-state index >= 15 is 0 Å². The van der Waals surface area contributed by atoms with E-state index in [1.807, 2.05) is 0 Å². The molecular formula is C11H10F12O2. The minimum absolute atomic E-state index is 0.166. The number of hydrogen-bond acceptors (Lipinski definition) is 2. The van der Waals surface area contributed by atoms with Crippen molar-refractivity contribution in [3.8, 4) is 0 Å². The molecule has 0 aliphatic carbocycles. The van der Waals surface area contributed by atoms with Crippen LogP contribution in [0.1, 0.15) is 6.42 Å². The average Bonchev–Trinajstić information content (AvgIpc) is 3.26. The molecule has 0 radical (unpaired) electrons. The zero-order chi connectivity index (χ0) is 19.9. The molecule has 150 valence electrons. The van der Waals surface area contributed by atoms with Crippen molar-refractivity contribution in [1.82, 2.24) is 0 Å². The average molecular weight is 402 g/mol. The van der Waals surface area contributed by atoms with Gasteiger partial charge >= 0.3 is 36.0 Å². The fraction of sp³-hybridized carbons (Fsp3) is 1.00. The second-order valence-electron chi connectivity index (χ2n) is 5.13. The second-order valence-corrected chi connectivity index (χ2v) is 5.13. The highest BCUT2D eigenvalue weighted by Crippen LogP contribution is 2.58. The van der Waals surface area contributed by atoms with Crippen molar-refractivity contribution in [2.45, 2.75) is 48.6 Å². The predicted molar refractivity (Wildman–Crippen MR) is 55.9 cm³/mol. The summed E-state index contributed by atoms with van der Waals surface area (Å²) in [5, 5.41) is 0. The van der Waals surface area contributed by atoms with Crippen molar-refractivity contribution in [1.29, 1.82) is 0 Å². The molecule has 1 saturated heterocycles. The van der Waals surface area contributed by atoms with E-state index in [4.69, 9.17) is 0 Å². The van der Waals surface area contributed by atoms with Crippen molar-refractivity contribution in [3.63, 3.8) is 0 Å². The molecule has 1 fully saturated rings. The molecule has 2 nitrogen and oxygen atoms in total. The van der Waals surface area contributed by atoms with Gasteiger partial charge in [0, 0.05) is 6.42 Å². The summed E-state index contributed by atoms with van der Waals surface area (Å²) in [7, 11) is 0. The molecule has 0 spiro atoms. The van der Waals surface area contributed by atoms with E-state index in [1.54, 1.807) is 0 Å². The molecule has 1 aliphatic rings. The number of epoxide rings is 1. The number of alkyl halides is 12. The number of ether oxygens (including phenoxy) is 2. The van der Waals surface area contributed by atoms with Crippen LogP contribution in [0.3, 0.4) is 0 Å². The minimum atomic E-state index is -7.48. The first-order valence-corrected chi connectivity index (χ1v) is 6.39. The molecule has 1 rings (SSSR count). The molecule has 14 heteroatoms. The van der Waals surface area contributed by atoms with Crippen molar-refractivity contribution in [3.05, 3.63) is 0 Å². The van der Waals surface area contributed by atoms with Gasteiger partial charge in [0.1, 0.15) is 6.10 Å². The number of halogens is 12. The van der Waals surface area contributed by atoms with Gasteiger partial charge in [-0.25, -0.2) is 8.78 Å². The lowest BCUT2D eigenvalue weighted by Gasteiger charge is -2.39. The Balaban J connectivity index is 2.97. The summed E-state index contributed by atoms with van der Waals surface area (Å²) in [5.74, 6) is -34.9. The van der Waals surface area contributed by atoms with Gasteiger partial charge in [-0.3, -0.25) is 0 Å². The van der Waals surface area contributed by atoms with E-state index in [2.05, 4.69) is 9.47 Å². The van der Waals surface area contributed by atoms with Crippen molar-refractivity contribution >= 4 is 0 Å². The van der Waals surface area contributed by atoms with Crippen molar-refractivity contribution < 1.29 is 62.2 Å². The summed E-state index contributed by atoms with van der Waals surface area (Å²) < 4.78 is 163. The van der Waals surface area contributed by atoms with Crippen LogP contribution >= 0.6 is 0 Å². The molecular weight excluding hydrogens is 392 g/mol. The lowest BCUT2D eigenvalue weighted by atomic mass is 9.93. The summed E-state index contributed by atoms with van der Waals surface area (Å²) in [6, 6.07) is 0. The maximum atomic E-state index is 13.2. The Kier molecular flexibility index (Phi) is 5.90. The standard InChI is InChI=1S/C11H10F12O2/c12-6(13)8(16,17)10(20,21)11(22,23)9(18,19)7(14,15)1-2-24-3-5-4-25-5/h5-6H,1-4H2. The van der Waals surface area contributed by atoms with Gasteiger partial charge in [0.25, 0.3) is 0 Å². The Hall–Kier alpha value is -0.920. The monoisotopic (exact) mass is 402 g/mol. The molecule has 0 bridgehead atoms. The van der Waals surface area contributed by atoms with Crippen LogP contribution in [-0.2, 0) is 9.47 Å². The Bertz CT molecular complexity index is 460. The third kappa shape index (κ3) is 3.78. The highest BCUT2D eigenvalue weighted by molar-refractivity contribution is 5.08. The van der Waals surface area contributed by atoms with E-state index in [0.29, 0.717) is 0 Å². The van der Waals surface area contributed by atoms with Crippen LogP contribution in [0.2, 0.25) is 0 Å². The molecule has 25 heavy (non-hydrogen) atoms. The summed E-state index contributed by atoms with van der Waals surface area (Å²) >= 11 is 0. The van der Waals surface area contributed by atoms with Crippen LogP contribution in [-0.4, -0.2) is 62.0 Å². The SMILES string of the molecule is FC(F)C(F)(F)C(F)(F)C(F)(F)C(F)(F)C(F)(F)CCOCC1CO1. The van der Waals surface area contributed by atoms with Crippen LogP contribution in [0, 0.1) is 0 Å². The third-order valence-electron chi connectivity index (χ3n) is 3.21. The number of rotatable bonds is 10. The highest BCUT2D eigenvalue weighted by Gasteiger charge is 2.87. The molecule has 1 unspecified atom stereocenters. The van der Waals surface area contributed by atoms with Gasteiger partial charge in [-0.1, -0.05) is 0 Å². The maximum Gasteiger partial charge on any atom is 0.384 e. The summed E-state index contributed by atoms with van der Waals surface area (Å²) in [6.45, 7) is -1.54. The molecule has 0 saturated carbocycles. The lowest BCUT2D eigenvalue weighted by molar-refractivity contribution is -0.413. The van der Waals surface area contributed by atoms with E-state index < -0.39 is 55.2 Å². The van der Waals surface area contributed by atoms with Crippen LogP contribution in [0.5, 0.6) is 0 Å². The molecule has 0 aromatic heterocycles. The zero-order valence-electron chi connectivity index (χ0n) is 11.8. The first kappa shape index (κ1) is 22.1. The maximum absolute atomic E-state index is 13.2. The van der Waals surface area contributed by atoms with Gasteiger partial charge in [-0.05, 0) is 0 Å². The Labute approximate surface area is 132 Å². The highest BCUT2D eigenvalue weighted by atomic mass is 19.4. The van der Waals surface area contributed by atoms with Crippen LogP contribution in [0.15, 0.2) is 0 Å². The van der Waals surface area contributed by atoms with E-state index in [1.165, 1.54) is 0 Å². The smallest absolute Gasteiger partial charge is 0.378 e. The summed E-state index contributed by atoms with van der Waals surface area (Å²) in [4.78, 5) is 0. The van der Waals surface area contributed by atoms with Gasteiger partial charge < -0.3 is 9.47 Å². The van der Waals surface area contributed by atoms with Crippen LogP contribution in [0.4, 0.5) is 52.7 Å². The van der Waals surface area contributed by atoms with Crippen LogP contribution < -0.4 is 0 Å². The first-order valence-electron chi connectivity index (χ1n) is 6.39. The van der Waals surface area contributed by atoms with E-state index in [9.17, 15) is 52.7 Å². The Morgan fingerprint density at radius 2 is 1.32 bits per heavy atom. The van der Waals surface area contributed by atoms with Gasteiger partial charge in [0.05, 0.1) is 19.8 Å². The molecule has 1 heterocycles. The molecule has 0 N–H and O–H groups in total. The van der Waals surface area contributed by atoms with Crippen molar-refractivity contribution in [2.24, 2.45) is 0 Å². The van der Waals surface area contributed by atoms with Gasteiger partial charge in [0.2, 0.25) is 0 Å². The summed E-state index contributed by atoms with van der Waals surface area (Å²) in [5.41, 5.74) is 0. The second kappa shape index (κ2) is 6.67. The largest absolute Gasteiger partial charge is 0.384 e. The van der Waals surface area contributed by atoms with Crippen LogP contribution in [0.25, 0.3) is 0 Å².